The Hall–Kier alpha value is -3.95. The summed E-state index contributed by atoms with van der Waals surface area (Å²) in [5.74, 6) is -1.78. The van der Waals surface area contributed by atoms with Crippen molar-refractivity contribution in [2.24, 2.45) is 0 Å². The second-order valence-electron chi connectivity index (χ2n) is 8.42. The summed E-state index contributed by atoms with van der Waals surface area (Å²) in [6.45, 7) is 0.194. The van der Waals surface area contributed by atoms with Crippen molar-refractivity contribution < 1.29 is 28.2 Å². The van der Waals surface area contributed by atoms with Crippen LogP contribution in [0.1, 0.15) is 16.8 Å². The first kappa shape index (κ1) is 26.1. The molecular weight excluding hydrogens is 501 g/mol. The molecule has 3 aromatic rings. The molecule has 3 amide bonds. The van der Waals surface area contributed by atoms with Crippen LogP contribution in [0, 0.1) is 5.82 Å². The van der Waals surface area contributed by atoms with E-state index in [9.17, 15) is 14.4 Å². The normalized spacial score (nSPS) is 16.8. The summed E-state index contributed by atoms with van der Waals surface area (Å²) in [5.41, 5.74) is 1.70. The van der Waals surface area contributed by atoms with Crippen molar-refractivity contribution in [2.75, 3.05) is 31.4 Å². The lowest BCUT2D eigenvalue weighted by atomic mass is 9.99. The highest BCUT2D eigenvalue weighted by molar-refractivity contribution is 6.30. The second kappa shape index (κ2) is 11.4. The summed E-state index contributed by atoms with van der Waals surface area (Å²) in [7, 11) is 2.78. The van der Waals surface area contributed by atoms with E-state index in [4.69, 9.17) is 21.1 Å². The highest BCUT2D eigenvalue weighted by Crippen LogP contribution is 2.29. The Bertz CT molecular complexity index is 1320. The van der Waals surface area contributed by atoms with E-state index in [-0.39, 0.29) is 24.8 Å². The average Bonchev–Trinajstić information content (AvgIpc) is 3.36. The summed E-state index contributed by atoms with van der Waals surface area (Å²) in [6.07, 6.45) is -0.100. The number of carbonyl (C=O) groups excluding carboxylic acids is 3. The van der Waals surface area contributed by atoms with Gasteiger partial charge < -0.3 is 25.0 Å². The molecule has 1 saturated heterocycles. The molecule has 0 aliphatic carbocycles. The van der Waals surface area contributed by atoms with E-state index in [0.29, 0.717) is 27.4 Å². The lowest BCUT2D eigenvalue weighted by molar-refractivity contribution is -0.119. The van der Waals surface area contributed by atoms with Crippen molar-refractivity contribution in [3.05, 3.63) is 83.1 Å². The maximum atomic E-state index is 15.1. The molecule has 1 fully saturated rings. The third-order valence-electron chi connectivity index (χ3n) is 6.13. The van der Waals surface area contributed by atoms with E-state index < -0.39 is 29.8 Å². The van der Waals surface area contributed by atoms with Gasteiger partial charge in [-0.2, -0.15) is 0 Å². The van der Waals surface area contributed by atoms with Crippen molar-refractivity contribution in [3.63, 3.8) is 0 Å². The van der Waals surface area contributed by atoms with Crippen LogP contribution in [0.25, 0.3) is 11.1 Å². The predicted molar refractivity (Wildman–Crippen MR) is 138 cm³/mol. The molecule has 1 aliphatic heterocycles. The number of hydrogen-bond donors (Lipinski definition) is 2. The molecule has 3 aromatic carbocycles. The Balaban J connectivity index is 1.51. The van der Waals surface area contributed by atoms with Gasteiger partial charge in [-0.3, -0.25) is 4.79 Å². The molecule has 4 rings (SSSR count). The van der Waals surface area contributed by atoms with Crippen molar-refractivity contribution in [2.45, 2.75) is 18.6 Å². The summed E-state index contributed by atoms with van der Waals surface area (Å²) >= 11 is 5.90. The van der Waals surface area contributed by atoms with Gasteiger partial charge >= 0.3 is 12.0 Å². The first-order chi connectivity index (χ1) is 17.8. The zero-order valence-electron chi connectivity index (χ0n) is 20.2. The van der Waals surface area contributed by atoms with Gasteiger partial charge in [-0.25, -0.2) is 14.0 Å². The van der Waals surface area contributed by atoms with Gasteiger partial charge in [-0.15, -0.1) is 0 Å². The SMILES string of the molecule is COC(=O)c1ccccc1-c1ccc(NC(=O)C2CC(OC)CN2C(=O)Nc2ccc(Cl)cc2)c(F)c1. The molecule has 0 saturated carbocycles. The number of likely N-dealkylation sites (tertiary alicyclic amines) is 1. The zero-order chi connectivity index (χ0) is 26.5. The maximum absolute atomic E-state index is 15.1. The first-order valence-electron chi connectivity index (χ1n) is 11.4. The fourth-order valence-electron chi connectivity index (χ4n) is 4.19. The molecule has 37 heavy (non-hydrogen) atoms. The Morgan fingerprint density at radius 3 is 2.41 bits per heavy atom. The standard InChI is InChI=1S/C27H25ClFN3O5/c1-36-19-14-24(32(15-19)27(35)30-18-10-8-17(28)9-11-18)25(33)31-23-12-7-16(13-22(23)29)20-5-3-4-6-21(20)26(34)37-2/h3-13,19,24H,14-15H2,1-2H3,(H,30,35)(H,31,33). The van der Waals surface area contributed by atoms with Crippen LogP contribution < -0.4 is 10.6 Å². The highest BCUT2D eigenvalue weighted by Gasteiger charge is 2.40. The van der Waals surface area contributed by atoms with Crippen molar-refractivity contribution >= 4 is 40.9 Å². The number of methoxy groups -OCH3 is 2. The van der Waals surface area contributed by atoms with Gasteiger partial charge in [0.25, 0.3) is 0 Å². The minimum atomic E-state index is -0.878. The lowest BCUT2D eigenvalue weighted by Gasteiger charge is -2.24. The topological polar surface area (TPSA) is 97.0 Å². The van der Waals surface area contributed by atoms with Gasteiger partial charge in [0.05, 0.1) is 24.5 Å². The van der Waals surface area contributed by atoms with Crippen molar-refractivity contribution in [1.29, 1.82) is 0 Å². The maximum Gasteiger partial charge on any atom is 0.338 e. The largest absolute Gasteiger partial charge is 0.465 e. The Morgan fingerprint density at radius 1 is 1.00 bits per heavy atom. The van der Waals surface area contributed by atoms with Crippen LogP contribution in [0.5, 0.6) is 0 Å². The number of benzene rings is 3. The number of hydrogen-bond acceptors (Lipinski definition) is 5. The summed E-state index contributed by atoms with van der Waals surface area (Å²) < 4.78 is 25.3. The van der Waals surface area contributed by atoms with Crippen LogP contribution in [-0.4, -0.2) is 55.7 Å². The minimum Gasteiger partial charge on any atom is -0.465 e. The molecule has 192 valence electrons. The number of halogens is 2. The molecule has 10 heteroatoms. The fourth-order valence-corrected chi connectivity index (χ4v) is 4.32. The summed E-state index contributed by atoms with van der Waals surface area (Å²) in [4.78, 5) is 39.5. The number of amides is 3. The molecule has 2 N–H and O–H groups in total. The molecule has 0 radical (unpaired) electrons. The van der Waals surface area contributed by atoms with Gasteiger partial charge in [0.1, 0.15) is 11.9 Å². The molecule has 1 heterocycles. The summed E-state index contributed by atoms with van der Waals surface area (Å²) in [5, 5.41) is 5.85. The molecular formula is C27H25ClFN3O5. The van der Waals surface area contributed by atoms with Crippen LogP contribution in [-0.2, 0) is 14.3 Å². The van der Waals surface area contributed by atoms with Crippen molar-refractivity contribution in [3.8, 4) is 11.1 Å². The minimum absolute atomic E-state index is 0.0526. The van der Waals surface area contributed by atoms with Gasteiger partial charge in [-0.1, -0.05) is 35.9 Å². The van der Waals surface area contributed by atoms with E-state index in [2.05, 4.69) is 10.6 Å². The second-order valence-corrected chi connectivity index (χ2v) is 8.86. The molecule has 0 bridgehead atoms. The van der Waals surface area contributed by atoms with Gasteiger partial charge in [-0.05, 0) is 53.6 Å². The number of esters is 1. The number of nitrogens with one attached hydrogen (secondary N) is 2. The van der Waals surface area contributed by atoms with Gasteiger partial charge in [0, 0.05) is 30.8 Å². The van der Waals surface area contributed by atoms with E-state index in [1.807, 2.05) is 0 Å². The predicted octanol–water partition coefficient (Wildman–Crippen LogP) is 5.19. The first-order valence-corrected chi connectivity index (χ1v) is 11.8. The lowest BCUT2D eigenvalue weighted by Crippen LogP contribution is -2.45. The van der Waals surface area contributed by atoms with Crippen molar-refractivity contribution in [1.82, 2.24) is 4.90 Å². The summed E-state index contributed by atoms with van der Waals surface area (Å²) in [6, 6.07) is 16.1. The monoisotopic (exact) mass is 525 g/mol. The van der Waals surface area contributed by atoms with Crippen LogP contribution in [0.15, 0.2) is 66.7 Å². The number of nitrogens with zero attached hydrogens (tertiary/aromatic N) is 1. The van der Waals surface area contributed by atoms with E-state index in [1.54, 1.807) is 54.6 Å². The number of carbonyl (C=O) groups is 3. The quantitative estimate of drug-likeness (QED) is 0.432. The fraction of sp³-hybridized carbons (Fsp3) is 0.222. The third kappa shape index (κ3) is 5.90. The molecule has 0 spiro atoms. The number of rotatable bonds is 6. The van der Waals surface area contributed by atoms with Gasteiger partial charge in [0.15, 0.2) is 0 Å². The van der Waals surface area contributed by atoms with Gasteiger partial charge in [0.2, 0.25) is 5.91 Å². The van der Waals surface area contributed by atoms with Crippen LogP contribution >= 0.6 is 11.6 Å². The van der Waals surface area contributed by atoms with E-state index in [1.165, 1.54) is 31.3 Å². The van der Waals surface area contributed by atoms with E-state index >= 15 is 4.39 Å². The molecule has 2 atom stereocenters. The Labute approximate surface area is 218 Å². The van der Waals surface area contributed by atoms with Crippen LogP contribution in [0.2, 0.25) is 5.02 Å². The van der Waals surface area contributed by atoms with Crippen LogP contribution in [0.4, 0.5) is 20.6 Å². The highest BCUT2D eigenvalue weighted by atomic mass is 35.5. The van der Waals surface area contributed by atoms with Crippen LogP contribution in [0.3, 0.4) is 0 Å². The smallest absolute Gasteiger partial charge is 0.338 e. The third-order valence-corrected chi connectivity index (χ3v) is 6.38. The number of ether oxygens (including phenoxy) is 2. The number of anilines is 2. The zero-order valence-corrected chi connectivity index (χ0v) is 20.9. The molecule has 2 unspecified atom stereocenters. The average molecular weight is 526 g/mol. The molecule has 8 nitrogen and oxygen atoms in total. The molecule has 1 aliphatic rings. The van der Waals surface area contributed by atoms with E-state index in [0.717, 1.165) is 0 Å². The molecule has 0 aromatic heterocycles. The number of urea groups is 1. The Morgan fingerprint density at radius 2 is 1.73 bits per heavy atom. The Kier molecular flexibility index (Phi) is 8.05.